The van der Waals surface area contributed by atoms with Crippen molar-refractivity contribution >= 4 is 17.5 Å². The van der Waals surface area contributed by atoms with Gasteiger partial charge in [-0.2, -0.15) is 0 Å². The van der Waals surface area contributed by atoms with Crippen LogP contribution in [0.25, 0.3) is 11.1 Å². The Kier molecular flexibility index (Phi) is 7.56. The molecule has 0 spiro atoms. The molecule has 0 aromatic heterocycles. The summed E-state index contributed by atoms with van der Waals surface area (Å²) in [6, 6.07) is 15.5. The number of nitrogens with one attached hydrogen (secondary N) is 2. The molecule has 0 fully saturated rings. The topological polar surface area (TPSA) is 85.9 Å². The maximum Gasteiger partial charge on any atom is 0.573 e. The van der Waals surface area contributed by atoms with Crippen molar-refractivity contribution in [2.24, 2.45) is 0 Å². The van der Waals surface area contributed by atoms with Crippen LogP contribution in [0.5, 0.6) is 17.2 Å². The van der Waals surface area contributed by atoms with Crippen molar-refractivity contribution < 1.29 is 37.0 Å². The number of rotatable bonds is 7. The molecule has 0 saturated carbocycles. The highest BCUT2D eigenvalue weighted by Crippen LogP contribution is 2.36. The van der Waals surface area contributed by atoms with Gasteiger partial charge in [-0.1, -0.05) is 24.3 Å². The smallest absolute Gasteiger partial charge is 0.486 e. The first kappa shape index (κ1) is 25.9. The summed E-state index contributed by atoms with van der Waals surface area (Å²) in [5.41, 5.74) is 2.75. The van der Waals surface area contributed by atoms with E-state index in [9.17, 15) is 22.8 Å². The highest BCUT2D eigenvalue weighted by atomic mass is 19.4. The molecule has 10 heteroatoms. The molecular weight excluding hydrogens is 489 g/mol. The van der Waals surface area contributed by atoms with Crippen molar-refractivity contribution in [3.8, 4) is 28.4 Å². The second kappa shape index (κ2) is 10.8. The van der Waals surface area contributed by atoms with Gasteiger partial charge in [-0.15, -0.1) is 13.2 Å². The summed E-state index contributed by atoms with van der Waals surface area (Å²) in [4.78, 5) is 25.0. The van der Waals surface area contributed by atoms with Crippen molar-refractivity contribution in [2.45, 2.75) is 32.7 Å². The Morgan fingerprint density at radius 1 is 1.05 bits per heavy atom. The van der Waals surface area contributed by atoms with Crippen LogP contribution in [0.15, 0.2) is 60.7 Å². The first-order valence-corrected chi connectivity index (χ1v) is 11.6. The van der Waals surface area contributed by atoms with Gasteiger partial charge in [0.25, 0.3) is 5.91 Å². The van der Waals surface area contributed by atoms with Gasteiger partial charge in [0.05, 0.1) is 6.42 Å². The zero-order chi connectivity index (χ0) is 26.6. The normalized spacial score (nSPS) is 14.6. The molecule has 2 N–H and O–H groups in total. The Bertz CT molecular complexity index is 1290. The average molecular weight is 515 g/mol. The van der Waals surface area contributed by atoms with E-state index in [1.807, 2.05) is 19.9 Å². The van der Waals surface area contributed by atoms with Crippen LogP contribution >= 0.6 is 0 Å². The summed E-state index contributed by atoms with van der Waals surface area (Å²) in [6.45, 7) is 4.38. The van der Waals surface area contributed by atoms with Crippen molar-refractivity contribution in [3.63, 3.8) is 0 Å². The van der Waals surface area contributed by atoms with Crippen LogP contribution in [0.2, 0.25) is 0 Å². The lowest BCUT2D eigenvalue weighted by Crippen LogP contribution is -2.35. The molecule has 1 aliphatic rings. The summed E-state index contributed by atoms with van der Waals surface area (Å²) in [5, 5.41) is 5.56. The number of benzene rings is 3. The van der Waals surface area contributed by atoms with E-state index in [1.54, 1.807) is 30.3 Å². The van der Waals surface area contributed by atoms with Crippen molar-refractivity contribution in [2.75, 3.05) is 18.5 Å². The monoisotopic (exact) mass is 514 g/mol. The number of aryl methyl sites for hydroxylation is 1. The number of hydrogen-bond acceptors (Lipinski definition) is 5. The number of halogens is 3. The zero-order valence-corrected chi connectivity index (χ0v) is 20.1. The van der Waals surface area contributed by atoms with Crippen molar-refractivity contribution in [1.82, 2.24) is 5.32 Å². The third kappa shape index (κ3) is 6.52. The van der Waals surface area contributed by atoms with E-state index < -0.39 is 18.4 Å². The fourth-order valence-electron chi connectivity index (χ4n) is 4.03. The molecule has 1 heterocycles. The minimum Gasteiger partial charge on any atom is -0.486 e. The molecule has 3 aromatic rings. The average Bonchev–Trinajstić information content (AvgIpc) is 2.84. The van der Waals surface area contributed by atoms with E-state index in [0.717, 1.165) is 5.56 Å². The van der Waals surface area contributed by atoms with E-state index in [2.05, 4.69) is 15.4 Å². The van der Waals surface area contributed by atoms with Gasteiger partial charge < -0.3 is 24.8 Å². The van der Waals surface area contributed by atoms with E-state index in [1.165, 1.54) is 24.3 Å². The zero-order valence-electron chi connectivity index (χ0n) is 20.1. The van der Waals surface area contributed by atoms with Crippen LogP contribution in [0, 0.1) is 6.92 Å². The summed E-state index contributed by atoms with van der Waals surface area (Å²) in [7, 11) is 0. The first-order valence-electron chi connectivity index (χ1n) is 11.6. The van der Waals surface area contributed by atoms with E-state index in [-0.39, 0.29) is 24.7 Å². The van der Waals surface area contributed by atoms with Gasteiger partial charge in [-0.3, -0.25) is 9.59 Å². The number of carbonyl (C=O) groups is 2. The number of alkyl halides is 3. The molecule has 0 aliphatic carbocycles. The van der Waals surface area contributed by atoms with Crippen LogP contribution in [0.3, 0.4) is 0 Å². The van der Waals surface area contributed by atoms with Gasteiger partial charge in [0.1, 0.15) is 18.5 Å². The second-order valence-corrected chi connectivity index (χ2v) is 8.39. The standard InChI is InChI=1S/C27H25F3N2O5/c1-3-31-24(33)14-20-15-35-23-13-18(9-12-22(23)36-20)32-26(34)21-6-4-5-16(2)25(21)17-7-10-19(11-8-17)37-27(28,29)30/h4-13,20H,3,14-15H2,1-2H3,(H,31,33)(H,32,34). The lowest BCUT2D eigenvalue weighted by molar-refractivity contribution is -0.274. The highest BCUT2D eigenvalue weighted by molar-refractivity contribution is 6.09. The van der Waals surface area contributed by atoms with Crippen LogP contribution < -0.4 is 24.8 Å². The van der Waals surface area contributed by atoms with Crippen LogP contribution in [0.4, 0.5) is 18.9 Å². The second-order valence-electron chi connectivity index (χ2n) is 8.39. The Morgan fingerprint density at radius 2 is 1.81 bits per heavy atom. The molecule has 7 nitrogen and oxygen atoms in total. The Hall–Kier alpha value is -4.21. The molecule has 1 unspecified atom stereocenters. The predicted octanol–water partition coefficient (Wildman–Crippen LogP) is 5.48. The fourth-order valence-corrected chi connectivity index (χ4v) is 4.03. The summed E-state index contributed by atoms with van der Waals surface area (Å²) < 4.78 is 53.0. The lowest BCUT2D eigenvalue weighted by atomic mass is 9.94. The van der Waals surface area contributed by atoms with Crippen LogP contribution in [-0.2, 0) is 4.79 Å². The van der Waals surface area contributed by atoms with Gasteiger partial charge in [-0.25, -0.2) is 0 Å². The maximum absolute atomic E-state index is 13.2. The third-order valence-electron chi connectivity index (χ3n) is 5.60. The van der Waals surface area contributed by atoms with Gasteiger partial charge in [-0.05, 0) is 60.9 Å². The number of hydrogen-bond donors (Lipinski definition) is 2. The number of amides is 2. The number of fused-ring (bicyclic) bond motifs is 1. The molecule has 3 aromatic carbocycles. The molecular formula is C27H25F3N2O5. The Balaban J connectivity index is 1.50. The quantitative estimate of drug-likeness (QED) is 0.436. The number of anilines is 1. The summed E-state index contributed by atoms with van der Waals surface area (Å²) in [5.74, 6) is 0.0333. The number of carbonyl (C=O) groups excluding carboxylic acids is 2. The first-order chi connectivity index (χ1) is 17.6. The van der Waals surface area contributed by atoms with Gasteiger partial charge in [0.2, 0.25) is 5.91 Å². The molecule has 0 bridgehead atoms. The minimum atomic E-state index is -4.79. The van der Waals surface area contributed by atoms with E-state index in [4.69, 9.17) is 9.47 Å². The molecule has 1 aliphatic heterocycles. The largest absolute Gasteiger partial charge is 0.573 e. The molecule has 0 saturated heterocycles. The van der Waals surface area contributed by atoms with Gasteiger partial charge in [0, 0.05) is 23.9 Å². The molecule has 2 amide bonds. The minimum absolute atomic E-state index is 0.125. The SMILES string of the molecule is CCNC(=O)CC1COc2cc(NC(=O)c3cccc(C)c3-c3ccc(OC(F)(F)F)cc3)ccc2O1. The van der Waals surface area contributed by atoms with E-state index in [0.29, 0.717) is 40.4 Å². The summed E-state index contributed by atoms with van der Waals surface area (Å²) >= 11 is 0. The Labute approximate surface area is 211 Å². The maximum atomic E-state index is 13.2. The summed E-state index contributed by atoms with van der Waals surface area (Å²) in [6.07, 6.45) is -5.03. The highest BCUT2D eigenvalue weighted by Gasteiger charge is 2.31. The molecule has 4 rings (SSSR count). The van der Waals surface area contributed by atoms with Crippen molar-refractivity contribution in [1.29, 1.82) is 0 Å². The molecule has 37 heavy (non-hydrogen) atoms. The van der Waals surface area contributed by atoms with Gasteiger partial charge >= 0.3 is 6.36 Å². The van der Waals surface area contributed by atoms with E-state index >= 15 is 0 Å². The van der Waals surface area contributed by atoms with Crippen molar-refractivity contribution in [3.05, 3.63) is 71.8 Å². The molecule has 1 atom stereocenters. The van der Waals surface area contributed by atoms with Crippen LogP contribution in [-0.4, -0.2) is 37.4 Å². The fraction of sp³-hybridized carbons (Fsp3) is 0.259. The number of ether oxygens (including phenoxy) is 3. The van der Waals surface area contributed by atoms with Gasteiger partial charge in [0.15, 0.2) is 11.5 Å². The predicted molar refractivity (Wildman–Crippen MR) is 131 cm³/mol. The van der Waals surface area contributed by atoms with Crippen LogP contribution in [0.1, 0.15) is 29.3 Å². The lowest BCUT2D eigenvalue weighted by Gasteiger charge is -2.26. The Morgan fingerprint density at radius 3 is 2.51 bits per heavy atom. The molecule has 0 radical (unpaired) electrons. The molecule has 194 valence electrons. The third-order valence-corrected chi connectivity index (χ3v) is 5.60.